The standard InChI is InChI=1S/C16H18N2O4S/c1-10-12(17-13(23-10)11-5-3-8-22-11)14(19)18-7-4-6-16(2,9-18)15(20)21/h3,5,8H,4,6-7,9H2,1-2H3,(H,20,21). The van der Waals surface area contributed by atoms with E-state index in [2.05, 4.69) is 4.98 Å². The molecule has 0 bridgehead atoms. The van der Waals surface area contributed by atoms with Crippen LogP contribution >= 0.6 is 11.3 Å². The lowest BCUT2D eigenvalue weighted by atomic mass is 9.82. The molecule has 2 aromatic heterocycles. The molecular formula is C16H18N2O4S. The molecule has 7 heteroatoms. The number of piperidine rings is 1. The summed E-state index contributed by atoms with van der Waals surface area (Å²) in [6.45, 7) is 4.32. The van der Waals surface area contributed by atoms with Gasteiger partial charge in [0, 0.05) is 18.0 Å². The minimum Gasteiger partial charge on any atom is -0.481 e. The van der Waals surface area contributed by atoms with E-state index in [-0.39, 0.29) is 12.5 Å². The zero-order chi connectivity index (χ0) is 16.6. The molecule has 1 amide bonds. The number of hydrogen-bond acceptors (Lipinski definition) is 5. The molecule has 1 aliphatic rings. The second-order valence-electron chi connectivity index (χ2n) is 6.10. The molecule has 0 saturated carbocycles. The van der Waals surface area contributed by atoms with E-state index >= 15 is 0 Å². The smallest absolute Gasteiger partial charge is 0.311 e. The molecule has 0 aromatic carbocycles. The quantitative estimate of drug-likeness (QED) is 0.932. The van der Waals surface area contributed by atoms with Crippen molar-refractivity contribution in [2.75, 3.05) is 13.1 Å². The van der Waals surface area contributed by atoms with Gasteiger partial charge in [-0.1, -0.05) is 0 Å². The Bertz CT molecular complexity index is 737. The second-order valence-corrected chi connectivity index (χ2v) is 7.30. The van der Waals surface area contributed by atoms with Crippen molar-refractivity contribution in [3.63, 3.8) is 0 Å². The monoisotopic (exact) mass is 334 g/mol. The predicted molar refractivity (Wildman–Crippen MR) is 85.4 cm³/mol. The van der Waals surface area contributed by atoms with Gasteiger partial charge in [-0.25, -0.2) is 4.98 Å². The zero-order valence-corrected chi connectivity index (χ0v) is 13.9. The average molecular weight is 334 g/mol. The van der Waals surface area contributed by atoms with Crippen molar-refractivity contribution < 1.29 is 19.1 Å². The van der Waals surface area contributed by atoms with Crippen LogP contribution in [-0.4, -0.2) is 40.0 Å². The number of likely N-dealkylation sites (tertiary alicyclic amines) is 1. The SMILES string of the molecule is Cc1sc(-c2ccco2)nc1C(=O)N1CCCC(C)(C(=O)O)C1. The molecule has 1 saturated heterocycles. The Hall–Kier alpha value is -2.15. The Labute approximate surface area is 137 Å². The molecule has 3 rings (SSSR count). The van der Waals surface area contributed by atoms with Gasteiger partial charge in [0.1, 0.15) is 5.69 Å². The third kappa shape index (κ3) is 2.88. The lowest BCUT2D eigenvalue weighted by Crippen LogP contribution is -2.48. The van der Waals surface area contributed by atoms with Gasteiger partial charge in [0.25, 0.3) is 5.91 Å². The molecule has 0 aliphatic carbocycles. The number of carboxylic acid groups (broad SMARTS) is 1. The van der Waals surface area contributed by atoms with Gasteiger partial charge in [-0.3, -0.25) is 9.59 Å². The number of aliphatic carboxylic acids is 1. The molecule has 1 unspecified atom stereocenters. The van der Waals surface area contributed by atoms with Crippen molar-refractivity contribution in [1.82, 2.24) is 9.88 Å². The van der Waals surface area contributed by atoms with Gasteiger partial charge in [0.2, 0.25) is 0 Å². The molecule has 0 spiro atoms. The summed E-state index contributed by atoms with van der Waals surface area (Å²) < 4.78 is 5.32. The number of nitrogens with zero attached hydrogens (tertiary/aromatic N) is 2. The van der Waals surface area contributed by atoms with E-state index in [4.69, 9.17) is 4.42 Å². The highest BCUT2D eigenvalue weighted by atomic mass is 32.1. The number of carbonyl (C=O) groups is 2. The fourth-order valence-electron chi connectivity index (χ4n) is 2.84. The van der Waals surface area contributed by atoms with Gasteiger partial charge in [-0.05, 0) is 38.8 Å². The largest absolute Gasteiger partial charge is 0.481 e. The van der Waals surface area contributed by atoms with E-state index in [1.165, 1.54) is 11.3 Å². The first-order chi connectivity index (χ1) is 10.9. The highest BCUT2D eigenvalue weighted by molar-refractivity contribution is 7.15. The number of amides is 1. The minimum absolute atomic E-state index is 0.205. The lowest BCUT2D eigenvalue weighted by molar-refractivity contribution is -0.150. The van der Waals surface area contributed by atoms with Gasteiger partial charge in [0.05, 0.1) is 11.7 Å². The molecule has 1 fully saturated rings. The summed E-state index contributed by atoms with van der Waals surface area (Å²) in [5, 5.41) is 10.0. The van der Waals surface area contributed by atoms with Crippen LogP contribution in [0, 0.1) is 12.3 Å². The Balaban J connectivity index is 1.85. The van der Waals surface area contributed by atoms with Crippen LogP contribution in [0.2, 0.25) is 0 Å². The summed E-state index contributed by atoms with van der Waals surface area (Å²) in [5.74, 6) is -0.434. The fourth-order valence-corrected chi connectivity index (χ4v) is 3.71. The van der Waals surface area contributed by atoms with Crippen LogP contribution in [0.4, 0.5) is 0 Å². The van der Waals surface area contributed by atoms with Crippen LogP contribution in [0.25, 0.3) is 10.8 Å². The number of furan rings is 1. The molecular weight excluding hydrogens is 316 g/mol. The van der Waals surface area contributed by atoms with Crippen molar-refractivity contribution in [1.29, 1.82) is 0 Å². The molecule has 0 radical (unpaired) electrons. The van der Waals surface area contributed by atoms with Crippen molar-refractivity contribution in [2.45, 2.75) is 26.7 Å². The average Bonchev–Trinajstić information content (AvgIpc) is 3.15. The normalized spacial score (nSPS) is 21.4. The van der Waals surface area contributed by atoms with Crippen LogP contribution in [0.3, 0.4) is 0 Å². The van der Waals surface area contributed by atoms with Gasteiger partial charge >= 0.3 is 5.97 Å². The van der Waals surface area contributed by atoms with Crippen LogP contribution in [-0.2, 0) is 4.79 Å². The van der Waals surface area contributed by atoms with Crippen LogP contribution in [0.15, 0.2) is 22.8 Å². The molecule has 1 aliphatic heterocycles. The zero-order valence-electron chi connectivity index (χ0n) is 13.0. The summed E-state index contributed by atoms with van der Waals surface area (Å²) >= 11 is 1.40. The number of carbonyl (C=O) groups excluding carboxylic acids is 1. The number of aryl methyl sites for hydroxylation is 1. The fraction of sp³-hybridized carbons (Fsp3) is 0.438. The first-order valence-electron chi connectivity index (χ1n) is 7.45. The maximum Gasteiger partial charge on any atom is 0.311 e. The van der Waals surface area contributed by atoms with Gasteiger partial charge in [-0.2, -0.15) is 0 Å². The van der Waals surface area contributed by atoms with Crippen LogP contribution in [0.5, 0.6) is 0 Å². The minimum atomic E-state index is -0.887. The van der Waals surface area contributed by atoms with Crippen LogP contribution in [0.1, 0.15) is 35.1 Å². The molecule has 122 valence electrons. The van der Waals surface area contributed by atoms with Gasteiger partial charge in [-0.15, -0.1) is 11.3 Å². The molecule has 3 heterocycles. The summed E-state index contributed by atoms with van der Waals surface area (Å²) in [6, 6.07) is 3.57. The summed E-state index contributed by atoms with van der Waals surface area (Å²) in [7, 11) is 0. The first kappa shape index (κ1) is 15.7. The van der Waals surface area contributed by atoms with Crippen LogP contribution < -0.4 is 0 Å². The number of carboxylic acids is 1. The van der Waals surface area contributed by atoms with Gasteiger partial charge in [0.15, 0.2) is 10.8 Å². The third-order valence-electron chi connectivity index (χ3n) is 4.23. The summed E-state index contributed by atoms with van der Waals surface area (Å²) in [6.07, 6.45) is 2.83. The number of rotatable bonds is 3. The molecule has 1 atom stereocenters. The number of thiazole rings is 1. The maximum absolute atomic E-state index is 12.8. The molecule has 2 aromatic rings. The topological polar surface area (TPSA) is 83.6 Å². The predicted octanol–water partition coefficient (Wildman–Crippen LogP) is 3.04. The number of aromatic nitrogens is 1. The Morgan fingerprint density at radius 3 is 2.91 bits per heavy atom. The van der Waals surface area contributed by atoms with E-state index in [0.29, 0.717) is 35.8 Å². The Morgan fingerprint density at radius 2 is 2.26 bits per heavy atom. The molecule has 23 heavy (non-hydrogen) atoms. The van der Waals surface area contributed by atoms with E-state index < -0.39 is 11.4 Å². The van der Waals surface area contributed by atoms with E-state index in [1.807, 2.05) is 6.92 Å². The maximum atomic E-state index is 12.8. The first-order valence-corrected chi connectivity index (χ1v) is 8.26. The molecule has 1 N–H and O–H groups in total. The van der Waals surface area contributed by atoms with Crippen molar-refractivity contribution in [2.24, 2.45) is 5.41 Å². The molecule has 6 nitrogen and oxygen atoms in total. The van der Waals surface area contributed by atoms with Crippen molar-refractivity contribution in [3.8, 4) is 10.8 Å². The Morgan fingerprint density at radius 1 is 1.48 bits per heavy atom. The van der Waals surface area contributed by atoms with E-state index in [9.17, 15) is 14.7 Å². The highest BCUT2D eigenvalue weighted by Crippen LogP contribution is 2.32. The van der Waals surface area contributed by atoms with Gasteiger partial charge < -0.3 is 14.4 Å². The lowest BCUT2D eigenvalue weighted by Gasteiger charge is -2.37. The summed E-state index contributed by atoms with van der Waals surface area (Å²) in [4.78, 5) is 31.0. The highest BCUT2D eigenvalue weighted by Gasteiger charge is 2.40. The van der Waals surface area contributed by atoms with E-state index in [0.717, 1.165) is 4.88 Å². The number of hydrogen-bond donors (Lipinski definition) is 1. The second kappa shape index (κ2) is 5.81. The Kier molecular flexibility index (Phi) is 3.97. The van der Waals surface area contributed by atoms with E-state index in [1.54, 1.807) is 30.2 Å². The third-order valence-corrected chi connectivity index (χ3v) is 5.22. The van der Waals surface area contributed by atoms with Crippen molar-refractivity contribution >= 4 is 23.2 Å². The summed E-state index contributed by atoms with van der Waals surface area (Å²) in [5.41, 5.74) is -0.502. The van der Waals surface area contributed by atoms with Crippen molar-refractivity contribution in [3.05, 3.63) is 29.0 Å².